The monoisotopic (exact) mass is 450 g/mol. The fourth-order valence-electron chi connectivity index (χ4n) is 3.46. The number of sulfone groups is 1. The Balaban J connectivity index is 1.99. The molecule has 1 aromatic heterocycles. The van der Waals surface area contributed by atoms with Crippen LogP contribution >= 0.6 is 11.6 Å². The van der Waals surface area contributed by atoms with Gasteiger partial charge < -0.3 is 0 Å². The van der Waals surface area contributed by atoms with E-state index in [0.29, 0.717) is 27.4 Å². The lowest BCUT2D eigenvalue weighted by atomic mass is 9.94. The summed E-state index contributed by atoms with van der Waals surface area (Å²) < 4.78 is 25.0. The maximum atomic E-state index is 13.6. The van der Waals surface area contributed by atoms with Crippen LogP contribution in [-0.4, -0.2) is 24.5 Å². The molecule has 0 saturated carbocycles. The van der Waals surface area contributed by atoms with Gasteiger partial charge in [-0.15, -0.1) is 0 Å². The van der Waals surface area contributed by atoms with E-state index in [4.69, 9.17) is 11.6 Å². The van der Waals surface area contributed by atoms with Crippen molar-refractivity contribution in [3.8, 4) is 27.9 Å². The quantitative estimate of drug-likeness (QED) is 0.442. The molecule has 0 aliphatic heterocycles. The third-order valence-electron chi connectivity index (χ3n) is 5.04. The van der Waals surface area contributed by atoms with Crippen LogP contribution in [0.25, 0.3) is 27.9 Å². The number of benzene rings is 3. The van der Waals surface area contributed by atoms with E-state index in [2.05, 4.69) is 5.10 Å². The highest BCUT2D eigenvalue weighted by Crippen LogP contribution is 2.31. The smallest absolute Gasteiger partial charge is 0.267 e. The lowest BCUT2D eigenvalue weighted by Crippen LogP contribution is -2.23. The largest absolute Gasteiger partial charge is 0.280 e. The molecular weight excluding hydrogens is 432 g/mol. The van der Waals surface area contributed by atoms with Gasteiger partial charge in [-0.05, 0) is 53.9 Å². The zero-order valence-electron chi connectivity index (χ0n) is 16.9. The summed E-state index contributed by atoms with van der Waals surface area (Å²) in [7, 11) is -3.32. The van der Waals surface area contributed by atoms with Crippen molar-refractivity contribution in [3.63, 3.8) is 0 Å². The number of halogens is 1. The second-order valence-electron chi connectivity index (χ2n) is 7.24. The molecule has 4 rings (SSSR count). The summed E-state index contributed by atoms with van der Waals surface area (Å²) in [5, 5.41) is 4.88. The van der Waals surface area contributed by atoms with Gasteiger partial charge in [0.05, 0.1) is 22.3 Å². The van der Waals surface area contributed by atoms with Gasteiger partial charge in [0, 0.05) is 16.8 Å². The maximum absolute atomic E-state index is 13.6. The molecule has 1 heterocycles. The third kappa shape index (κ3) is 4.17. The third-order valence-corrected chi connectivity index (χ3v) is 6.40. The molecule has 0 aliphatic carbocycles. The average Bonchev–Trinajstić information content (AvgIpc) is 2.74. The van der Waals surface area contributed by atoms with Crippen molar-refractivity contribution in [2.45, 2.75) is 11.8 Å². The van der Waals surface area contributed by atoms with E-state index in [-0.39, 0.29) is 10.5 Å². The Kier molecular flexibility index (Phi) is 5.52. The molecule has 3 aromatic carbocycles. The van der Waals surface area contributed by atoms with E-state index in [1.54, 1.807) is 42.6 Å². The molecule has 0 amide bonds. The second kappa shape index (κ2) is 8.13. The summed E-state index contributed by atoms with van der Waals surface area (Å²) in [6.45, 7) is 1.94. The van der Waals surface area contributed by atoms with Gasteiger partial charge in [0.15, 0.2) is 9.84 Å². The normalized spacial score (nSPS) is 11.5. The molecule has 7 heteroatoms. The van der Waals surface area contributed by atoms with Gasteiger partial charge >= 0.3 is 0 Å². The van der Waals surface area contributed by atoms with Gasteiger partial charge in [-0.2, -0.15) is 9.78 Å². The minimum absolute atomic E-state index is 0.217. The Hall–Kier alpha value is -3.22. The maximum Gasteiger partial charge on any atom is 0.280 e. The minimum Gasteiger partial charge on any atom is -0.267 e. The van der Waals surface area contributed by atoms with Crippen molar-refractivity contribution in [2.75, 3.05) is 6.26 Å². The van der Waals surface area contributed by atoms with Crippen molar-refractivity contribution < 1.29 is 8.42 Å². The van der Waals surface area contributed by atoms with Crippen LogP contribution in [0, 0.1) is 6.92 Å². The first-order valence-corrected chi connectivity index (χ1v) is 11.8. The molecule has 0 unspecified atom stereocenters. The molecule has 31 heavy (non-hydrogen) atoms. The first-order valence-electron chi connectivity index (χ1n) is 9.50. The number of aromatic nitrogens is 2. The fourth-order valence-corrected chi connectivity index (χ4v) is 4.27. The molecule has 0 atom stereocenters. The molecule has 0 radical (unpaired) electrons. The molecule has 4 aromatic rings. The number of hydrogen-bond acceptors (Lipinski definition) is 4. The summed E-state index contributed by atoms with van der Waals surface area (Å²) in [5.41, 5.74) is 3.81. The molecule has 156 valence electrons. The van der Waals surface area contributed by atoms with Crippen LogP contribution in [0.3, 0.4) is 0 Å². The molecule has 0 spiro atoms. The SMILES string of the molecule is Cc1ccccc1-c1c(-c2ccc(S(C)(=O)=O)cc2)cnn(-c2cccc(Cl)c2)c1=O. The van der Waals surface area contributed by atoms with E-state index in [1.807, 2.05) is 31.2 Å². The zero-order valence-corrected chi connectivity index (χ0v) is 18.5. The Bertz CT molecular complexity index is 1440. The van der Waals surface area contributed by atoms with Gasteiger partial charge in [-0.3, -0.25) is 4.79 Å². The Morgan fingerprint density at radius 1 is 0.903 bits per heavy atom. The van der Waals surface area contributed by atoms with Crippen LogP contribution in [0.4, 0.5) is 0 Å². The molecule has 0 fully saturated rings. The lowest BCUT2D eigenvalue weighted by Gasteiger charge is -2.14. The van der Waals surface area contributed by atoms with E-state index < -0.39 is 9.84 Å². The number of rotatable bonds is 4. The summed E-state index contributed by atoms with van der Waals surface area (Å²) in [6, 6.07) is 21.0. The zero-order chi connectivity index (χ0) is 22.2. The summed E-state index contributed by atoms with van der Waals surface area (Å²) in [5.74, 6) is 0. The van der Waals surface area contributed by atoms with Crippen molar-refractivity contribution in [3.05, 3.63) is 99.9 Å². The minimum atomic E-state index is -3.32. The van der Waals surface area contributed by atoms with Gasteiger partial charge in [-0.1, -0.05) is 54.1 Å². The number of hydrogen-bond donors (Lipinski definition) is 0. The fraction of sp³-hybridized carbons (Fsp3) is 0.0833. The van der Waals surface area contributed by atoms with E-state index in [9.17, 15) is 13.2 Å². The van der Waals surface area contributed by atoms with Crippen molar-refractivity contribution >= 4 is 21.4 Å². The van der Waals surface area contributed by atoms with Crippen molar-refractivity contribution in [1.82, 2.24) is 9.78 Å². The molecule has 0 bridgehead atoms. The Labute approximate surface area is 185 Å². The Morgan fingerprint density at radius 3 is 2.26 bits per heavy atom. The van der Waals surface area contributed by atoms with Crippen LogP contribution in [-0.2, 0) is 9.84 Å². The molecule has 0 saturated heterocycles. The average molecular weight is 451 g/mol. The van der Waals surface area contributed by atoms with E-state index in [0.717, 1.165) is 17.4 Å². The summed E-state index contributed by atoms with van der Waals surface area (Å²) in [4.78, 5) is 13.8. The first-order chi connectivity index (χ1) is 14.8. The van der Waals surface area contributed by atoms with E-state index >= 15 is 0 Å². The standard InChI is InChI=1S/C24H19ClN2O3S/c1-16-6-3-4-9-21(16)23-22(17-10-12-20(13-11-17)31(2,29)30)15-26-27(24(23)28)19-8-5-7-18(25)14-19/h3-15H,1-2H3. The highest BCUT2D eigenvalue weighted by atomic mass is 35.5. The first kappa shape index (κ1) is 21.0. The molecule has 0 aliphatic rings. The van der Waals surface area contributed by atoms with Crippen LogP contribution in [0.5, 0.6) is 0 Å². The topological polar surface area (TPSA) is 69.0 Å². The van der Waals surface area contributed by atoms with Crippen molar-refractivity contribution in [1.29, 1.82) is 0 Å². The predicted octanol–water partition coefficient (Wildman–Crippen LogP) is 4.93. The number of aryl methyl sites for hydroxylation is 1. The lowest BCUT2D eigenvalue weighted by molar-refractivity contribution is 0.602. The molecule has 0 N–H and O–H groups in total. The molecule has 5 nitrogen and oxygen atoms in total. The second-order valence-corrected chi connectivity index (χ2v) is 9.69. The van der Waals surface area contributed by atoms with Gasteiger partial charge in [0.1, 0.15) is 0 Å². The summed E-state index contributed by atoms with van der Waals surface area (Å²) in [6.07, 6.45) is 2.79. The molecular formula is C24H19ClN2O3S. The predicted molar refractivity (Wildman–Crippen MR) is 124 cm³/mol. The highest BCUT2D eigenvalue weighted by Gasteiger charge is 2.18. The van der Waals surface area contributed by atoms with Gasteiger partial charge in [0.25, 0.3) is 5.56 Å². The van der Waals surface area contributed by atoms with Gasteiger partial charge in [0.2, 0.25) is 0 Å². The van der Waals surface area contributed by atoms with Gasteiger partial charge in [-0.25, -0.2) is 8.42 Å². The number of nitrogens with zero attached hydrogens (tertiary/aromatic N) is 2. The van der Waals surface area contributed by atoms with Crippen molar-refractivity contribution in [2.24, 2.45) is 0 Å². The summed E-state index contributed by atoms with van der Waals surface area (Å²) >= 11 is 6.12. The van der Waals surface area contributed by atoms with Crippen LogP contribution in [0.15, 0.2) is 88.7 Å². The van der Waals surface area contributed by atoms with E-state index in [1.165, 1.54) is 16.8 Å². The van der Waals surface area contributed by atoms with Crippen LogP contribution in [0.1, 0.15) is 5.56 Å². The van der Waals surface area contributed by atoms with Crippen LogP contribution < -0.4 is 5.56 Å². The highest BCUT2D eigenvalue weighted by molar-refractivity contribution is 7.90. The van der Waals surface area contributed by atoms with Crippen LogP contribution in [0.2, 0.25) is 5.02 Å². The Morgan fingerprint density at radius 2 is 1.61 bits per heavy atom.